The summed E-state index contributed by atoms with van der Waals surface area (Å²) in [5.41, 5.74) is 6.11. The highest BCUT2D eigenvalue weighted by Crippen LogP contribution is 2.25. The summed E-state index contributed by atoms with van der Waals surface area (Å²) in [6, 6.07) is 18.4. The van der Waals surface area contributed by atoms with Gasteiger partial charge in [-0.15, -0.1) is 13.2 Å². The zero-order chi connectivity index (χ0) is 25.4. The van der Waals surface area contributed by atoms with E-state index in [1.165, 1.54) is 12.1 Å². The van der Waals surface area contributed by atoms with Crippen LogP contribution in [0.2, 0.25) is 0 Å². The number of benzene rings is 3. The van der Waals surface area contributed by atoms with Gasteiger partial charge in [-0.25, -0.2) is 0 Å². The zero-order valence-corrected chi connectivity index (χ0v) is 19.8. The molecule has 184 valence electrons. The molecule has 12 heteroatoms. The molecule has 0 fully saturated rings. The number of carbonyl (C=O) groups is 2. The molecule has 3 rings (SSSR count). The van der Waals surface area contributed by atoms with Crippen molar-refractivity contribution in [3.63, 3.8) is 0 Å². The Morgan fingerprint density at radius 2 is 1.66 bits per heavy atom. The van der Waals surface area contributed by atoms with Crippen LogP contribution in [0.5, 0.6) is 5.75 Å². The molecule has 0 aliphatic carbocycles. The molecule has 3 aromatic carbocycles. The molecule has 0 aromatic heterocycles. The molecule has 3 aromatic rings. The lowest BCUT2D eigenvalue weighted by atomic mass is 10.1. The summed E-state index contributed by atoms with van der Waals surface area (Å²) in [5, 5.41) is 7.32. The highest BCUT2D eigenvalue weighted by atomic mass is 32.1. The number of nitrogens with one attached hydrogen (secondary N) is 4. The number of hydrogen-bond donors (Lipinski definition) is 5. The zero-order valence-electron chi connectivity index (χ0n) is 18.1. The highest BCUT2D eigenvalue weighted by Gasteiger charge is 2.31. The van der Waals surface area contributed by atoms with Gasteiger partial charge in [-0.3, -0.25) is 20.4 Å². The predicted octanol–water partition coefficient (Wildman–Crippen LogP) is 4.77. The molecular formula is C23H21F3N4O3S2. The first kappa shape index (κ1) is 26.1. The van der Waals surface area contributed by atoms with E-state index in [0.717, 1.165) is 28.6 Å². The van der Waals surface area contributed by atoms with Crippen molar-refractivity contribution in [2.45, 2.75) is 24.6 Å². The highest BCUT2D eigenvalue weighted by molar-refractivity contribution is 7.81. The Balaban J connectivity index is 1.40. The van der Waals surface area contributed by atoms with Gasteiger partial charge in [0.1, 0.15) is 11.5 Å². The van der Waals surface area contributed by atoms with Gasteiger partial charge in [0.2, 0.25) is 5.91 Å². The third-order valence-electron chi connectivity index (χ3n) is 4.55. The van der Waals surface area contributed by atoms with Gasteiger partial charge < -0.3 is 15.4 Å². The lowest BCUT2D eigenvalue weighted by molar-refractivity contribution is -0.274. The topological polar surface area (TPSA) is 91.5 Å². The van der Waals surface area contributed by atoms with Gasteiger partial charge in [-0.2, -0.15) is 12.6 Å². The normalized spacial score (nSPS) is 11.9. The molecule has 7 nitrogen and oxygen atoms in total. The van der Waals surface area contributed by atoms with Crippen LogP contribution in [-0.2, 0) is 9.59 Å². The second kappa shape index (κ2) is 11.8. The first-order valence-electron chi connectivity index (χ1n) is 10.2. The molecule has 0 radical (unpaired) electrons. The van der Waals surface area contributed by atoms with Crippen molar-refractivity contribution < 1.29 is 27.5 Å². The fourth-order valence-corrected chi connectivity index (χ4v) is 3.64. The molecule has 1 atom stereocenters. The number of rotatable bonds is 8. The number of hydrogen-bond acceptors (Lipinski definition) is 6. The SMILES string of the molecule is O=C(CC(=O)NNC(=S)Nc1cccc2ccccc12)CC(S)Nc1ccc(OC(F)(F)F)cc1. The maximum absolute atomic E-state index is 12.2. The monoisotopic (exact) mass is 522 g/mol. The average Bonchev–Trinajstić information content (AvgIpc) is 2.78. The Bertz CT molecular complexity index is 1200. The largest absolute Gasteiger partial charge is 0.573 e. The summed E-state index contributed by atoms with van der Waals surface area (Å²) in [4.78, 5) is 24.3. The van der Waals surface area contributed by atoms with Crippen LogP contribution in [0.15, 0.2) is 66.7 Å². The van der Waals surface area contributed by atoms with E-state index < -0.39 is 29.8 Å². The van der Waals surface area contributed by atoms with Crippen molar-refractivity contribution >= 4 is 63.8 Å². The minimum atomic E-state index is -4.78. The molecule has 1 amide bonds. The molecular weight excluding hydrogens is 501 g/mol. The summed E-state index contributed by atoms with van der Waals surface area (Å²) < 4.78 is 40.5. The van der Waals surface area contributed by atoms with Crippen LogP contribution in [0.4, 0.5) is 24.5 Å². The number of anilines is 2. The fraction of sp³-hybridized carbons (Fsp3) is 0.174. The molecule has 1 unspecified atom stereocenters. The molecule has 0 saturated heterocycles. The number of Topliss-reactive ketones (excluding diaryl/α,β-unsaturated/α-hetero) is 1. The van der Waals surface area contributed by atoms with Crippen molar-refractivity contribution in [3.05, 3.63) is 66.7 Å². The molecule has 0 aliphatic rings. The van der Waals surface area contributed by atoms with Crippen LogP contribution in [0.3, 0.4) is 0 Å². The van der Waals surface area contributed by atoms with Gasteiger partial charge in [0, 0.05) is 23.2 Å². The van der Waals surface area contributed by atoms with E-state index in [-0.39, 0.29) is 17.3 Å². The van der Waals surface area contributed by atoms with Crippen molar-refractivity contribution in [2.75, 3.05) is 10.6 Å². The number of thiocarbonyl (C=S) groups is 1. The molecule has 0 aliphatic heterocycles. The number of amides is 1. The molecule has 35 heavy (non-hydrogen) atoms. The lowest BCUT2D eigenvalue weighted by Gasteiger charge is -2.15. The van der Waals surface area contributed by atoms with Crippen LogP contribution < -0.4 is 26.2 Å². The van der Waals surface area contributed by atoms with Crippen molar-refractivity contribution in [1.29, 1.82) is 0 Å². The Labute approximate surface area is 209 Å². The number of hydrazine groups is 1. The standard InChI is InChI=1S/C23H21F3N4O3S2/c24-23(25,26)33-17-10-8-15(9-11-17)27-21(34)13-16(31)12-20(32)29-30-22(35)28-19-7-3-5-14-4-1-2-6-18(14)19/h1-11,21,27,34H,12-13H2,(H,29,32)(H2,28,30,35). The summed E-state index contributed by atoms with van der Waals surface area (Å²) in [6.45, 7) is 0. The van der Waals surface area contributed by atoms with E-state index in [4.69, 9.17) is 12.2 Å². The van der Waals surface area contributed by atoms with Crippen LogP contribution in [0.1, 0.15) is 12.8 Å². The quantitative estimate of drug-likeness (QED) is 0.0957. The number of thiol groups is 1. The van der Waals surface area contributed by atoms with Gasteiger partial charge >= 0.3 is 6.36 Å². The Morgan fingerprint density at radius 1 is 0.971 bits per heavy atom. The van der Waals surface area contributed by atoms with Crippen LogP contribution in [0.25, 0.3) is 10.8 Å². The first-order chi connectivity index (χ1) is 16.6. The van der Waals surface area contributed by atoms with E-state index in [9.17, 15) is 22.8 Å². The van der Waals surface area contributed by atoms with E-state index in [2.05, 4.69) is 38.9 Å². The smallest absolute Gasteiger partial charge is 0.406 e. The molecule has 4 N–H and O–H groups in total. The minimum absolute atomic E-state index is 0.101. The molecule has 0 bridgehead atoms. The van der Waals surface area contributed by atoms with Gasteiger partial charge in [0.25, 0.3) is 0 Å². The second-order valence-electron chi connectivity index (χ2n) is 7.31. The van der Waals surface area contributed by atoms with E-state index in [1.54, 1.807) is 0 Å². The van der Waals surface area contributed by atoms with Crippen LogP contribution in [-0.4, -0.2) is 28.5 Å². The van der Waals surface area contributed by atoms with Gasteiger partial charge in [0.05, 0.1) is 11.8 Å². The first-order valence-corrected chi connectivity index (χ1v) is 11.2. The van der Waals surface area contributed by atoms with Crippen molar-refractivity contribution in [1.82, 2.24) is 10.9 Å². The summed E-state index contributed by atoms with van der Waals surface area (Å²) in [7, 11) is 0. The minimum Gasteiger partial charge on any atom is -0.406 e. The lowest BCUT2D eigenvalue weighted by Crippen LogP contribution is -2.44. The van der Waals surface area contributed by atoms with Crippen molar-refractivity contribution in [2.24, 2.45) is 0 Å². The number of fused-ring (bicyclic) bond motifs is 1. The molecule has 0 spiro atoms. The Kier molecular flexibility index (Phi) is 8.77. The third kappa shape index (κ3) is 8.65. The fourth-order valence-electron chi connectivity index (χ4n) is 3.12. The summed E-state index contributed by atoms with van der Waals surface area (Å²) in [6.07, 6.45) is -5.30. The van der Waals surface area contributed by atoms with Gasteiger partial charge in [-0.05, 0) is 47.9 Å². The number of alkyl halides is 3. The number of halogens is 3. The Morgan fingerprint density at radius 3 is 2.37 bits per heavy atom. The Hall–Kier alpha value is -3.51. The summed E-state index contributed by atoms with van der Waals surface area (Å²) >= 11 is 9.44. The van der Waals surface area contributed by atoms with Gasteiger partial charge in [-0.1, -0.05) is 36.4 Å². The van der Waals surface area contributed by atoms with Crippen LogP contribution >= 0.6 is 24.8 Å². The van der Waals surface area contributed by atoms with Crippen LogP contribution in [0, 0.1) is 0 Å². The molecule has 0 heterocycles. The third-order valence-corrected chi connectivity index (χ3v) is 5.07. The van der Waals surface area contributed by atoms with E-state index >= 15 is 0 Å². The van der Waals surface area contributed by atoms with Gasteiger partial charge in [0.15, 0.2) is 5.11 Å². The maximum Gasteiger partial charge on any atom is 0.573 e. The van der Waals surface area contributed by atoms with E-state index in [1.807, 2.05) is 42.5 Å². The second-order valence-corrected chi connectivity index (χ2v) is 8.34. The van der Waals surface area contributed by atoms with E-state index in [0.29, 0.717) is 5.69 Å². The molecule has 0 saturated carbocycles. The number of ether oxygens (including phenoxy) is 1. The summed E-state index contributed by atoms with van der Waals surface area (Å²) in [5.74, 6) is -1.36. The van der Waals surface area contributed by atoms with Crippen molar-refractivity contribution in [3.8, 4) is 5.75 Å². The average molecular weight is 523 g/mol. The number of carbonyl (C=O) groups excluding carboxylic acids is 2. The maximum atomic E-state index is 12.2. The predicted molar refractivity (Wildman–Crippen MR) is 135 cm³/mol. The number of ketones is 1.